The fourth-order valence-electron chi connectivity index (χ4n) is 3.28. The lowest BCUT2D eigenvalue weighted by atomic mass is 10.1. The maximum absolute atomic E-state index is 12.2. The number of aliphatic imine (C=N–C) groups is 1. The highest BCUT2D eigenvalue weighted by Crippen LogP contribution is 2.14. The van der Waals surface area contributed by atoms with Gasteiger partial charge in [-0.15, -0.1) is 0 Å². The summed E-state index contributed by atoms with van der Waals surface area (Å²) < 4.78 is 12.2. The van der Waals surface area contributed by atoms with E-state index in [4.69, 9.17) is 9.47 Å². The third kappa shape index (κ3) is 5.69. The number of amides is 1. The second-order valence-corrected chi connectivity index (χ2v) is 6.93. The Labute approximate surface area is 176 Å². The van der Waals surface area contributed by atoms with Gasteiger partial charge in [0, 0.05) is 45.3 Å². The van der Waals surface area contributed by atoms with Crippen LogP contribution in [0.3, 0.4) is 0 Å². The van der Waals surface area contributed by atoms with Crippen LogP contribution < -0.4 is 20.7 Å². The van der Waals surface area contributed by atoms with E-state index in [0.717, 1.165) is 25.2 Å². The third-order valence-electron chi connectivity index (χ3n) is 4.77. The Balaban J connectivity index is 1.42. The van der Waals surface area contributed by atoms with Crippen molar-refractivity contribution in [3.05, 3.63) is 41.5 Å². The van der Waals surface area contributed by atoms with Crippen molar-refractivity contribution in [2.45, 2.75) is 32.0 Å². The van der Waals surface area contributed by atoms with Gasteiger partial charge in [0.25, 0.3) is 5.91 Å². The SMILES string of the molecule is CN=C(NCCNC(=O)c1cccc(OC)c1)NC1CCc2nc(COC)nn2C1. The van der Waals surface area contributed by atoms with Crippen molar-refractivity contribution in [3.63, 3.8) is 0 Å². The summed E-state index contributed by atoms with van der Waals surface area (Å²) in [5, 5.41) is 14.0. The number of nitrogens with one attached hydrogen (secondary N) is 3. The number of aryl methyl sites for hydroxylation is 1. The molecule has 162 valence electrons. The van der Waals surface area contributed by atoms with E-state index in [1.165, 1.54) is 0 Å². The molecule has 10 heteroatoms. The molecule has 1 aliphatic rings. The number of hydrogen-bond donors (Lipinski definition) is 3. The summed E-state index contributed by atoms with van der Waals surface area (Å²) in [5.41, 5.74) is 0.565. The molecule has 3 N–H and O–H groups in total. The van der Waals surface area contributed by atoms with Crippen LogP contribution in [-0.2, 0) is 24.3 Å². The Bertz CT molecular complexity index is 881. The lowest BCUT2D eigenvalue weighted by molar-refractivity contribution is 0.0954. The molecule has 1 unspecified atom stereocenters. The Kier molecular flexibility index (Phi) is 7.61. The Hall–Kier alpha value is -3.14. The molecule has 1 amide bonds. The van der Waals surface area contributed by atoms with Gasteiger partial charge in [-0.05, 0) is 24.6 Å². The number of carbonyl (C=O) groups is 1. The first-order valence-electron chi connectivity index (χ1n) is 9.94. The lowest BCUT2D eigenvalue weighted by Crippen LogP contribution is -2.48. The second-order valence-electron chi connectivity index (χ2n) is 6.93. The van der Waals surface area contributed by atoms with Crippen LogP contribution in [0.25, 0.3) is 0 Å². The average molecular weight is 415 g/mol. The molecule has 0 aliphatic carbocycles. The predicted octanol–water partition coefficient (Wildman–Crippen LogP) is 0.343. The predicted molar refractivity (Wildman–Crippen MR) is 113 cm³/mol. The number of fused-ring (bicyclic) bond motifs is 1. The summed E-state index contributed by atoms with van der Waals surface area (Å²) in [6.07, 6.45) is 1.79. The van der Waals surface area contributed by atoms with E-state index in [2.05, 4.69) is 31.0 Å². The van der Waals surface area contributed by atoms with Crippen molar-refractivity contribution < 1.29 is 14.3 Å². The van der Waals surface area contributed by atoms with Gasteiger partial charge in [-0.25, -0.2) is 9.67 Å². The highest BCUT2D eigenvalue weighted by molar-refractivity contribution is 5.94. The molecule has 0 fully saturated rings. The number of aromatic nitrogens is 3. The summed E-state index contributed by atoms with van der Waals surface area (Å²) in [6.45, 7) is 2.16. The van der Waals surface area contributed by atoms with Crippen LogP contribution >= 0.6 is 0 Å². The van der Waals surface area contributed by atoms with Crippen molar-refractivity contribution in [1.29, 1.82) is 0 Å². The number of guanidine groups is 1. The maximum atomic E-state index is 12.2. The summed E-state index contributed by atoms with van der Waals surface area (Å²) in [4.78, 5) is 21.0. The molecule has 0 saturated carbocycles. The number of methoxy groups -OCH3 is 2. The summed E-state index contributed by atoms with van der Waals surface area (Å²) in [7, 11) is 4.94. The first-order chi connectivity index (χ1) is 14.6. The van der Waals surface area contributed by atoms with E-state index in [1.54, 1.807) is 45.5 Å². The van der Waals surface area contributed by atoms with Crippen molar-refractivity contribution >= 4 is 11.9 Å². The Morgan fingerprint density at radius 3 is 2.90 bits per heavy atom. The Morgan fingerprint density at radius 2 is 2.13 bits per heavy atom. The highest BCUT2D eigenvalue weighted by atomic mass is 16.5. The average Bonchev–Trinajstić information content (AvgIpc) is 3.17. The molecule has 2 aromatic rings. The van der Waals surface area contributed by atoms with E-state index in [0.29, 0.717) is 42.8 Å². The third-order valence-corrected chi connectivity index (χ3v) is 4.77. The molecule has 1 atom stereocenters. The Morgan fingerprint density at radius 1 is 1.30 bits per heavy atom. The summed E-state index contributed by atoms with van der Waals surface area (Å²) in [6, 6.07) is 7.27. The van der Waals surface area contributed by atoms with Crippen molar-refractivity contribution in [3.8, 4) is 5.75 Å². The van der Waals surface area contributed by atoms with E-state index in [-0.39, 0.29) is 11.9 Å². The van der Waals surface area contributed by atoms with E-state index in [1.807, 2.05) is 4.68 Å². The van der Waals surface area contributed by atoms with Crippen molar-refractivity contribution in [2.24, 2.45) is 4.99 Å². The number of rotatable bonds is 8. The topological polar surface area (TPSA) is 115 Å². The molecule has 10 nitrogen and oxygen atoms in total. The molecular formula is C20H29N7O3. The monoisotopic (exact) mass is 415 g/mol. The van der Waals surface area contributed by atoms with Crippen molar-refractivity contribution in [2.75, 3.05) is 34.4 Å². The summed E-state index contributed by atoms with van der Waals surface area (Å²) in [5.74, 6) is 2.90. The zero-order valence-corrected chi connectivity index (χ0v) is 17.6. The van der Waals surface area contributed by atoms with Crippen LogP contribution in [0, 0.1) is 0 Å². The minimum Gasteiger partial charge on any atom is -0.497 e. The molecule has 3 rings (SSSR count). The molecular weight excluding hydrogens is 386 g/mol. The van der Waals surface area contributed by atoms with Crippen molar-refractivity contribution in [1.82, 2.24) is 30.7 Å². The standard InChI is InChI=1S/C20H29N7O3/c1-21-20(23-10-9-22-19(28)14-5-4-6-16(11-14)30-3)24-15-7-8-18-25-17(13-29-2)26-27(18)12-15/h4-6,11,15H,7-10,12-13H2,1-3H3,(H,22,28)(H2,21,23,24). The molecule has 0 bridgehead atoms. The molecule has 0 spiro atoms. The van der Waals surface area contributed by atoms with E-state index >= 15 is 0 Å². The first kappa shape index (κ1) is 21.6. The van der Waals surface area contributed by atoms with Gasteiger partial charge in [0.1, 0.15) is 18.2 Å². The van der Waals surface area contributed by atoms with Gasteiger partial charge in [0.05, 0.1) is 13.7 Å². The molecule has 1 aromatic carbocycles. The largest absolute Gasteiger partial charge is 0.497 e. The van der Waals surface area contributed by atoms with E-state index < -0.39 is 0 Å². The van der Waals surface area contributed by atoms with Gasteiger partial charge < -0.3 is 25.4 Å². The number of benzene rings is 1. The quantitative estimate of drug-likeness (QED) is 0.324. The molecule has 30 heavy (non-hydrogen) atoms. The minimum absolute atomic E-state index is 0.142. The molecule has 1 aliphatic heterocycles. The number of nitrogens with zero attached hydrogens (tertiary/aromatic N) is 4. The normalized spacial score (nSPS) is 16.0. The maximum Gasteiger partial charge on any atom is 0.251 e. The highest BCUT2D eigenvalue weighted by Gasteiger charge is 2.22. The number of carbonyl (C=O) groups excluding carboxylic acids is 1. The van der Waals surface area contributed by atoms with Crippen LogP contribution in [-0.4, -0.2) is 67.0 Å². The van der Waals surface area contributed by atoms with Crippen LogP contribution in [0.2, 0.25) is 0 Å². The van der Waals surface area contributed by atoms with Crippen LogP contribution in [0.1, 0.15) is 28.4 Å². The smallest absolute Gasteiger partial charge is 0.251 e. The number of ether oxygens (including phenoxy) is 2. The van der Waals surface area contributed by atoms with E-state index in [9.17, 15) is 4.79 Å². The molecule has 2 heterocycles. The first-order valence-corrected chi connectivity index (χ1v) is 9.94. The second kappa shape index (κ2) is 10.6. The zero-order chi connectivity index (χ0) is 21.3. The van der Waals surface area contributed by atoms with Gasteiger partial charge in [-0.3, -0.25) is 9.79 Å². The van der Waals surface area contributed by atoms with Gasteiger partial charge in [0.2, 0.25) is 0 Å². The van der Waals surface area contributed by atoms with Gasteiger partial charge in [0.15, 0.2) is 11.8 Å². The van der Waals surface area contributed by atoms with Gasteiger partial charge in [-0.1, -0.05) is 6.07 Å². The van der Waals surface area contributed by atoms with Gasteiger partial charge >= 0.3 is 0 Å². The molecule has 1 aromatic heterocycles. The number of hydrogen-bond acceptors (Lipinski definition) is 6. The van der Waals surface area contributed by atoms with Gasteiger partial charge in [-0.2, -0.15) is 5.10 Å². The summed E-state index contributed by atoms with van der Waals surface area (Å²) >= 11 is 0. The fourth-order valence-corrected chi connectivity index (χ4v) is 3.28. The van der Waals surface area contributed by atoms with Crippen LogP contribution in [0.4, 0.5) is 0 Å². The molecule has 0 radical (unpaired) electrons. The van der Waals surface area contributed by atoms with Crippen LogP contribution in [0.5, 0.6) is 5.75 Å². The lowest BCUT2D eigenvalue weighted by Gasteiger charge is -2.25. The molecule has 0 saturated heterocycles. The van der Waals surface area contributed by atoms with Crippen LogP contribution in [0.15, 0.2) is 29.3 Å². The fraction of sp³-hybridized carbons (Fsp3) is 0.500. The minimum atomic E-state index is -0.142. The zero-order valence-electron chi connectivity index (χ0n) is 17.6.